The van der Waals surface area contributed by atoms with E-state index in [-0.39, 0.29) is 6.04 Å². The summed E-state index contributed by atoms with van der Waals surface area (Å²) >= 11 is 11.5. The van der Waals surface area contributed by atoms with Crippen molar-refractivity contribution in [3.05, 3.63) is 69.2 Å². The Morgan fingerprint density at radius 1 is 1.05 bits per heavy atom. The van der Waals surface area contributed by atoms with Crippen LogP contribution in [0, 0.1) is 6.92 Å². The molecule has 2 nitrogen and oxygen atoms in total. The van der Waals surface area contributed by atoms with Gasteiger partial charge in [-0.25, -0.2) is 0 Å². The molecule has 1 atom stereocenters. The van der Waals surface area contributed by atoms with Gasteiger partial charge in [0.05, 0.1) is 10.0 Å². The van der Waals surface area contributed by atoms with Crippen LogP contribution in [-0.4, -0.2) is 6.54 Å². The second kappa shape index (κ2) is 9.06. The summed E-state index contributed by atoms with van der Waals surface area (Å²) in [5.41, 5.74) is 14.7. The third kappa shape index (κ3) is 6.49. The first kappa shape index (κ1) is 18.0. The van der Waals surface area contributed by atoms with E-state index in [1.807, 2.05) is 25.1 Å². The normalized spacial score (nSPS) is 11.5. The largest absolute Gasteiger partial charge is 0.330 e. The van der Waals surface area contributed by atoms with Crippen LogP contribution in [0.2, 0.25) is 10.0 Å². The Morgan fingerprint density at radius 2 is 1.76 bits per heavy atom. The van der Waals surface area contributed by atoms with Crippen LogP contribution in [-0.2, 0) is 6.42 Å². The van der Waals surface area contributed by atoms with E-state index in [1.54, 1.807) is 6.07 Å². The second-order valence-electron chi connectivity index (χ2n) is 4.99. The lowest BCUT2D eigenvalue weighted by Crippen LogP contribution is -2.04. The topological polar surface area (TPSA) is 52.0 Å². The molecule has 4 N–H and O–H groups in total. The highest BCUT2D eigenvalue weighted by molar-refractivity contribution is 6.42. The lowest BCUT2D eigenvalue weighted by atomic mass is 10.1. The average Bonchev–Trinajstić information content (AvgIpc) is 2.44. The van der Waals surface area contributed by atoms with E-state index in [9.17, 15) is 0 Å². The molecule has 0 aliphatic carbocycles. The number of hydrogen-bond acceptors (Lipinski definition) is 2. The minimum absolute atomic E-state index is 0.153. The molecule has 0 heterocycles. The molecule has 0 aliphatic rings. The fraction of sp³-hybridized carbons (Fsp3) is 0.294. The van der Waals surface area contributed by atoms with Crippen molar-refractivity contribution < 1.29 is 0 Å². The van der Waals surface area contributed by atoms with E-state index in [1.165, 1.54) is 11.1 Å². The maximum absolute atomic E-state index is 5.78. The molecule has 2 aromatic rings. The first-order valence-electron chi connectivity index (χ1n) is 6.90. The van der Waals surface area contributed by atoms with Gasteiger partial charge in [0.1, 0.15) is 0 Å². The molecule has 0 saturated heterocycles. The van der Waals surface area contributed by atoms with E-state index >= 15 is 0 Å². The molecule has 0 spiro atoms. The number of benzene rings is 2. The quantitative estimate of drug-likeness (QED) is 0.872. The molecule has 4 heteroatoms. The van der Waals surface area contributed by atoms with E-state index in [0.717, 1.165) is 12.0 Å². The Balaban J connectivity index is 0.000000211. The molecule has 2 aromatic carbocycles. The zero-order valence-corrected chi connectivity index (χ0v) is 14.0. The maximum atomic E-state index is 5.78. The monoisotopic (exact) mass is 324 g/mol. The highest BCUT2D eigenvalue weighted by atomic mass is 35.5. The number of hydrogen-bond donors (Lipinski definition) is 2. The Hall–Kier alpha value is -1.06. The van der Waals surface area contributed by atoms with Crippen LogP contribution in [0.3, 0.4) is 0 Å². The SMILES string of the molecule is Cc1cccc(C(C)N)c1.NCCc1ccc(Cl)c(Cl)c1. The van der Waals surface area contributed by atoms with Gasteiger partial charge in [0.15, 0.2) is 0 Å². The highest BCUT2D eigenvalue weighted by Crippen LogP contribution is 2.22. The molecule has 21 heavy (non-hydrogen) atoms. The summed E-state index contributed by atoms with van der Waals surface area (Å²) in [4.78, 5) is 0. The van der Waals surface area contributed by atoms with Crippen LogP contribution in [0.1, 0.15) is 29.7 Å². The predicted molar refractivity (Wildman–Crippen MR) is 93.0 cm³/mol. The molecule has 2 rings (SSSR count). The number of aryl methyl sites for hydroxylation is 1. The fourth-order valence-electron chi connectivity index (χ4n) is 1.82. The Morgan fingerprint density at radius 3 is 2.24 bits per heavy atom. The van der Waals surface area contributed by atoms with Crippen LogP contribution < -0.4 is 11.5 Å². The van der Waals surface area contributed by atoms with Crippen LogP contribution in [0.15, 0.2) is 42.5 Å². The van der Waals surface area contributed by atoms with Crippen molar-refractivity contribution in [2.24, 2.45) is 11.5 Å². The van der Waals surface area contributed by atoms with Gasteiger partial charge in [0.2, 0.25) is 0 Å². The van der Waals surface area contributed by atoms with Gasteiger partial charge < -0.3 is 11.5 Å². The Labute approximate surface area is 137 Å². The smallest absolute Gasteiger partial charge is 0.0595 e. The first-order chi connectivity index (χ1) is 9.93. The molecule has 0 bridgehead atoms. The third-order valence-corrected chi connectivity index (χ3v) is 3.72. The lowest BCUT2D eigenvalue weighted by Gasteiger charge is -2.04. The molecule has 1 unspecified atom stereocenters. The van der Waals surface area contributed by atoms with Crippen molar-refractivity contribution in [2.75, 3.05) is 6.54 Å². The minimum atomic E-state index is 0.153. The number of nitrogens with two attached hydrogens (primary N) is 2. The predicted octanol–water partition coefficient (Wildman–Crippen LogP) is 4.51. The second-order valence-corrected chi connectivity index (χ2v) is 5.80. The maximum Gasteiger partial charge on any atom is 0.0595 e. The van der Waals surface area contributed by atoms with Crippen molar-refractivity contribution in [1.82, 2.24) is 0 Å². The number of rotatable bonds is 3. The molecule has 0 fully saturated rings. The highest BCUT2D eigenvalue weighted by Gasteiger charge is 1.97. The van der Waals surface area contributed by atoms with Crippen molar-refractivity contribution >= 4 is 23.2 Å². The Kier molecular flexibility index (Phi) is 7.76. The minimum Gasteiger partial charge on any atom is -0.330 e. The van der Waals surface area contributed by atoms with Gasteiger partial charge in [-0.05, 0) is 50.1 Å². The molecule has 0 radical (unpaired) electrons. The van der Waals surface area contributed by atoms with Crippen LogP contribution >= 0.6 is 23.2 Å². The molecule has 0 amide bonds. The molecule has 0 aliphatic heterocycles. The van der Waals surface area contributed by atoms with Crippen molar-refractivity contribution in [1.29, 1.82) is 0 Å². The summed E-state index contributed by atoms with van der Waals surface area (Å²) in [5, 5.41) is 1.19. The molecular formula is C17H22Cl2N2. The van der Waals surface area contributed by atoms with E-state index in [0.29, 0.717) is 16.6 Å². The summed E-state index contributed by atoms with van der Waals surface area (Å²) in [5.74, 6) is 0. The van der Waals surface area contributed by atoms with Crippen molar-refractivity contribution in [3.63, 3.8) is 0 Å². The fourth-order valence-corrected chi connectivity index (χ4v) is 2.14. The molecule has 0 aromatic heterocycles. The number of halogens is 2. The molecule has 114 valence electrons. The third-order valence-electron chi connectivity index (χ3n) is 2.98. The lowest BCUT2D eigenvalue weighted by molar-refractivity contribution is 0.817. The van der Waals surface area contributed by atoms with Gasteiger partial charge in [0, 0.05) is 6.04 Å². The van der Waals surface area contributed by atoms with Crippen LogP contribution in [0.4, 0.5) is 0 Å². The summed E-state index contributed by atoms with van der Waals surface area (Å²) in [7, 11) is 0. The Bertz CT molecular complexity index is 568. The van der Waals surface area contributed by atoms with E-state index in [2.05, 4.69) is 25.1 Å². The van der Waals surface area contributed by atoms with Crippen LogP contribution in [0.5, 0.6) is 0 Å². The molecule has 0 saturated carbocycles. The summed E-state index contributed by atoms with van der Waals surface area (Å²) in [6.45, 7) is 4.71. The van der Waals surface area contributed by atoms with Crippen molar-refractivity contribution in [3.8, 4) is 0 Å². The zero-order chi connectivity index (χ0) is 15.8. The summed E-state index contributed by atoms with van der Waals surface area (Å²) in [6, 6.07) is 14.0. The molecular weight excluding hydrogens is 303 g/mol. The van der Waals surface area contributed by atoms with E-state index in [4.69, 9.17) is 34.7 Å². The van der Waals surface area contributed by atoms with Gasteiger partial charge in [-0.3, -0.25) is 0 Å². The standard InChI is InChI=1S/C9H13N.C8H9Cl2N/c1-7-4-3-5-9(6-7)8(2)10;9-7-2-1-6(3-4-11)5-8(7)10/h3-6,8H,10H2,1-2H3;1-2,5H,3-4,11H2. The summed E-state index contributed by atoms with van der Waals surface area (Å²) in [6.07, 6.45) is 0.844. The first-order valence-corrected chi connectivity index (χ1v) is 7.65. The van der Waals surface area contributed by atoms with Gasteiger partial charge >= 0.3 is 0 Å². The summed E-state index contributed by atoms with van der Waals surface area (Å²) < 4.78 is 0. The zero-order valence-electron chi connectivity index (χ0n) is 12.4. The van der Waals surface area contributed by atoms with E-state index < -0.39 is 0 Å². The van der Waals surface area contributed by atoms with Gasteiger partial charge in [-0.2, -0.15) is 0 Å². The van der Waals surface area contributed by atoms with Gasteiger partial charge in [-0.15, -0.1) is 0 Å². The van der Waals surface area contributed by atoms with Gasteiger partial charge in [0.25, 0.3) is 0 Å². The average molecular weight is 325 g/mol. The van der Waals surface area contributed by atoms with Crippen LogP contribution in [0.25, 0.3) is 0 Å². The van der Waals surface area contributed by atoms with Gasteiger partial charge in [-0.1, -0.05) is 59.1 Å². The van der Waals surface area contributed by atoms with Crippen molar-refractivity contribution in [2.45, 2.75) is 26.3 Å².